The molecule has 0 fully saturated rings. The minimum atomic E-state index is -0.0205. The van der Waals surface area contributed by atoms with E-state index < -0.39 is 0 Å². The maximum Gasteiger partial charge on any atom is 0.263 e. The Kier molecular flexibility index (Phi) is 3.77. The molecule has 0 bridgehead atoms. The van der Waals surface area contributed by atoms with Crippen LogP contribution in [0.4, 0.5) is 5.69 Å². The molecule has 134 valence electrons. The first-order valence-corrected chi connectivity index (χ1v) is 9.82. The summed E-state index contributed by atoms with van der Waals surface area (Å²) in [6.45, 7) is 2.69. The first-order valence-electron chi connectivity index (χ1n) is 8.63. The topological polar surface area (TPSA) is 66.9 Å². The first kappa shape index (κ1) is 16.5. The van der Waals surface area contributed by atoms with Crippen molar-refractivity contribution in [2.75, 3.05) is 11.9 Å². The van der Waals surface area contributed by atoms with Gasteiger partial charge in [0.05, 0.1) is 16.9 Å². The largest absolute Gasteiger partial charge is 0.381 e. The number of nitrogens with zero attached hydrogens (tertiary/aromatic N) is 2. The summed E-state index contributed by atoms with van der Waals surface area (Å²) in [5.41, 5.74) is 3.55. The maximum absolute atomic E-state index is 12.5. The van der Waals surface area contributed by atoms with Gasteiger partial charge < -0.3 is 10.6 Å². The molecule has 2 N–H and O–H groups in total. The number of anilines is 1. The van der Waals surface area contributed by atoms with E-state index in [0.717, 1.165) is 42.8 Å². The Morgan fingerprint density at radius 2 is 2.11 bits per heavy atom. The van der Waals surface area contributed by atoms with Gasteiger partial charge in [-0.2, -0.15) is 0 Å². The van der Waals surface area contributed by atoms with E-state index in [-0.39, 0.29) is 11.9 Å². The molecule has 3 aromatic heterocycles. The fourth-order valence-corrected chi connectivity index (χ4v) is 4.72. The fourth-order valence-electron chi connectivity index (χ4n) is 3.45. The number of rotatable bonds is 1. The molecule has 5 nitrogen and oxygen atoms in total. The van der Waals surface area contributed by atoms with Crippen molar-refractivity contribution in [3.63, 3.8) is 0 Å². The van der Waals surface area contributed by atoms with Crippen molar-refractivity contribution in [1.29, 1.82) is 0 Å². The summed E-state index contributed by atoms with van der Waals surface area (Å²) in [7, 11) is 0. The Labute approximate surface area is 164 Å². The van der Waals surface area contributed by atoms with Gasteiger partial charge >= 0.3 is 0 Å². The van der Waals surface area contributed by atoms with E-state index in [9.17, 15) is 4.79 Å². The van der Waals surface area contributed by atoms with Gasteiger partial charge in [0.1, 0.15) is 10.0 Å². The Hall–Kier alpha value is -2.70. The lowest BCUT2D eigenvalue weighted by Gasteiger charge is -2.10. The lowest BCUT2D eigenvalue weighted by Crippen LogP contribution is -2.34. The van der Waals surface area contributed by atoms with Crippen LogP contribution in [-0.2, 0) is 0 Å². The molecule has 7 heteroatoms. The number of aromatic nitrogens is 2. The van der Waals surface area contributed by atoms with Crippen LogP contribution >= 0.6 is 22.9 Å². The van der Waals surface area contributed by atoms with Crippen LogP contribution < -0.4 is 10.6 Å². The fraction of sp³-hybridized carbons (Fsp3) is 0.150. The molecular weight excluding hydrogens is 380 g/mol. The highest BCUT2D eigenvalue weighted by atomic mass is 35.5. The van der Waals surface area contributed by atoms with Crippen LogP contribution in [-0.4, -0.2) is 28.5 Å². The molecule has 0 saturated carbocycles. The van der Waals surface area contributed by atoms with Crippen molar-refractivity contribution in [2.24, 2.45) is 0 Å². The zero-order chi connectivity index (χ0) is 18.5. The molecule has 1 amide bonds. The van der Waals surface area contributed by atoms with Crippen molar-refractivity contribution in [1.82, 2.24) is 15.3 Å². The molecule has 1 aromatic carbocycles. The summed E-state index contributed by atoms with van der Waals surface area (Å²) in [5, 5.41) is 9.00. The van der Waals surface area contributed by atoms with Gasteiger partial charge in [-0.3, -0.25) is 4.79 Å². The summed E-state index contributed by atoms with van der Waals surface area (Å²) in [4.78, 5) is 22.1. The van der Waals surface area contributed by atoms with Crippen molar-refractivity contribution >= 4 is 55.5 Å². The molecule has 1 atom stereocenters. The number of pyridine rings is 2. The third-order valence-electron chi connectivity index (χ3n) is 4.71. The van der Waals surface area contributed by atoms with Crippen LogP contribution in [0, 0.1) is 0 Å². The minimum absolute atomic E-state index is 0.0205. The van der Waals surface area contributed by atoms with E-state index in [4.69, 9.17) is 16.6 Å². The highest BCUT2D eigenvalue weighted by Crippen LogP contribution is 2.41. The molecule has 1 aliphatic heterocycles. The average Bonchev–Trinajstić information content (AvgIpc) is 2.98. The number of carbonyl (C=O) groups excluding carboxylic acids is 1. The number of fused-ring (bicyclic) bond motifs is 5. The minimum Gasteiger partial charge on any atom is -0.381 e. The summed E-state index contributed by atoms with van der Waals surface area (Å²) in [6.07, 6.45) is 1.68. The van der Waals surface area contributed by atoms with E-state index in [1.165, 1.54) is 11.3 Å². The molecule has 0 unspecified atom stereocenters. The van der Waals surface area contributed by atoms with Crippen molar-refractivity contribution in [3.8, 4) is 11.3 Å². The van der Waals surface area contributed by atoms with Crippen LogP contribution in [0.1, 0.15) is 16.6 Å². The molecule has 0 radical (unpaired) electrons. The van der Waals surface area contributed by atoms with Crippen molar-refractivity contribution < 1.29 is 4.79 Å². The number of benzene rings is 1. The van der Waals surface area contributed by atoms with Gasteiger partial charge in [-0.1, -0.05) is 11.6 Å². The molecular formula is C20H15ClN4OS. The van der Waals surface area contributed by atoms with Gasteiger partial charge in [0.25, 0.3) is 5.91 Å². The van der Waals surface area contributed by atoms with E-state index in [1.807, 2.05) is 31.2 Å². The second kappa shape index (κ2) is 6.18. The Balaban J connectivity index is 1.73. The highest BCUT2D eigenvalue weighted by Gasteiger charge is 2.24. The molecule has 4 aromatic rings. The predicted molar refractivity (Wildman–Crippen MR) is 111 cm³/mol. The third kappa shape index (κ3) is 2.72. The molecule has 1 aliphatic rings. The van der Waals surface area contributed by atoms with Gasteiger partial charge in [-0.15, -0.1) is 11.3 Å². The molecule has 5 rings (SSSR count). The van der Waals surface area contributed by atoms with Crippen molar-refractivity contribution in [3.05, 3.63) is 52.6 Å². The second-order valence-corrected chi connectivity index (χ2v) is 8.07. The highest BCUT2D eigenvalue weighted by molar-refractivity contribution is 7.21. The number of halogens is 1. The summed E-state index contributed by atoms with van der Waals surface area (Å²) in [6, 6.07) is 11.9. The standard InChI is InChI=1S/C20H15ClN4OS/c1-10-9-23-18-17-12-2-3-13(11-6-7-22-16(21)8-11)25-14(12)4-5-15(17)27-19(18)20(26)24-10/h2-8,10,23H,9H2,1H3,(H,24,26)/t10-/m1/s1. The van der Waals surface area contributed by atoms with Crippen LogP contribution in [0.25, 0.3) is 32.2 Å². The van der Waals surface area contributed by atoms with Crippen LogP contribution in [0.3, 0.4) is 0 Å². The number of hydrogen-bond donors (Lipinski definition) is 2. The van der Waals surface area contributed by atoms with Gasteiger partial charge in [0.15, 0.2) is 0 Å². The summed E-state index contributed by atoms with van der Waals surface area (Å²) < 4.78 is 1.08. The van der Waals surface area contributed by atoms with E-state index in [1.54, 1.807) is 12.3 Å². The average molecular weight is 395 g/mol. The molecule has 4 heterocycles. The number of amides is 1. The Morgan fingerprint density at radius 1 is 1.22 bits per heavy atom. The summed E-state index contributed by atoms with van der Waals surface area (Å²) in [5.74, 6) is -0.0205. The predicted octanol–water partition coefficient (Wildman–Crippen LogP) is 4.71. The van der Waals surface area contributed by atoms with Gasteiger partial charge in [-0.05, 0) is 43.3 Å². The number of nitrogens with one attached hydrogen (secondary N) is 2. The third-order valence-corrected chi connectivity index (χ3v) is 6.07. The van der Waals surface area contributed by atoms with E-state index in [2.05, 4.69) is 21.7 Å². The lowest BCUT2D eigenvalue weighted by molar-refractivity contribution is 0.0949. The molecule has 0 saturated heterocycles. The molecule has 0 spiro atoms. The quantitative estimate of drug-likeness (QED) is 0.459. The number of carbonyl (C=O) groups is 1. The van der Waals surface area contributed by atoms with Gasteiger partial charge in [0, 0.05) is 39.8 Å². The van der Waals surface area contributed by atoms with Crippen LogP contribution in [0.5, 0.6) is 0 Å². The van der Waals surface area contributed by atoms with Gasteiger partial charge in [0.2, 0.25) is 0 Å². The Bertz CT molecular complexity index is 1220. The van der Waals surface area contributed by atoms with E-state index in [0.29, 0.717) is 11.7 Å². The number of hydrogen-bond acceptors (Lipinski definition) is 5. The number of thiophene rings is 1. The van der Waals surface area contributed by atoms with Crippen molar-refractivity contribution in [2.45, 2.75) is 13.0 Å². The second-order valence-electron chi connectivity index (χ2n) is 6.63. The van der Waals surface area contributed by atoms with Crippen LogP contribution in [0.2, 0.25) is 5.15 Å². The SMILES string of the molecule is C[C@@H]1CNc2c(sc3ccc4nc(-c5ccnc(Cl)c5)ccc4c23)C(=O)N1. The van der Waals surface area contributed by atoms with Gasteiger partial charge in [-0.25, -0.2) is 9.97 Å². The molecule has 27 heavy (non-hydrogen) atoms. The van der Waals surface area contributed by atoms with E-state index >= 15 is 0 Å². The summed E-state index contributed by atoms with van der Waals surface area (Å²) >= 11 is 7.53. The normalized spacial score (nSPS) is 16.7. The molecule has 0 aliphatic carbocycles. The first-order chi connectivity index (χ1) is 13.1. The smallest absolute Gasteiger partial charge is 0.263 e. The van der Waals surface area contributed by atoms with Crippen LogP contribution in [0.15, 0.2) is 42.6 Å². The maximum atomic E-state index is 12.5. The Morgan fingerprint density at radius 3 is 2.96 bits per heavy atom. The zero-order valence-electron chi connectivity index (χ0n) is 14.4. The lowest BCUT2D eigenvalue weighted by atomic mass is 10.1. The monoisotopic (exact) mass is 394 g/mol. The zero-order valence-corrected chi connectivity index (χ0v) is 16.0.